The van der Waals surface area contributed by atoms with Crippen LogP contribution in [0.2, 0.25) is 0 Å². The van der Waals surface area contributed by atoms with Crippen LogP contribution < -0.4 is 9.54 Å². The van der Waals surface area contributed by atoms with Gasteiger partial charge in [0.25, 0.3) is 5.91 Å². The fraction of sp³-hybridized carbons (Fsp3) is 0.556. The maximum atomic E-state index is 12.9. The second-order valence-electron chi connectivity index (χ2n) is 6.70. The van der Waals surface area contributed by atoms with Crippen LogP contribution in [0.4, 0.5) is 0 Å². The number of piperidine rings is 1. The molecular formula is C18H25N3O5S2. The van der Waals surface area contributed by atoms with E-state index in [4.69, 9.17) is 9.47 Å². The fourth-order valence-corrected chi connectivity index (χ4v) is 5.59. The number of rotatable bonds is 6. The molecule has 0 aliphatic carbocycles. The van der Waals surface area contributed by atoms with E-state index in [9.17, 15) is 13.2 Å². The molecule has 154 valence electrons. The minimum Gasteiger partial charge on any atom is -0.497 e. The standard InChI is InChI=1S/C18H25N3O5S2/c1-25-11-10-20-14-8-7-13(26-2)12-16(14)27-18(20)19-17(22)15-6-4-5-9-21(15)28(3,23)24/h7-8,12,15H,4-6,9-11H2,1-3H3. The van der Waals surface area contributed by atoms with Crippen molar-refractivity contribution in [1.29, 1.82) is 0 Å². The van der Waals surface area contributed by atoms with Gasteiger partial charge in [0.1, 0.15) is 11.8 Å². The number of hydrogen-bond donors (Lipinski definition) is 0. The van der Waals surface area contributed by atoms with E-state index in [0.29, 0.717) is 30.9 Å². The summed E-state index contributed by atoms with van der Waals surface area (Å²) in [7, 11) is -0.238. The van der Waals surface area contributed by atoms with Gasteiger partial charge in [-0.05, 0) is 31.0 Å². The topological polar surface area (TPSA) is 90.2 Å². The number of thiazole rings is 1. The van der Waals surface area contributed by atoms with Crippen LogP contribution in [-0.2, 0) is 26.1 Å². The number of nitrogens with zero attached hydrogens (tertiary/aromatic N) is 3. The SMILES string of the molecule is COCCn1c(=NC(=O)C2CCCCN2S(C)(=O)=O)sc2cc(OC)ccc21. The third kappa shape index (κ3) is 4.45. The molecular weight excluding hydrogens is 402 g/mol. The summed E-state index contributed by atoms with van der Waals surface area (Å²) >= 11 is 1.38. The third-order valence-corrected chi connectivity index (χ3v) is 7.11. The van der Waals surface area contributed by atoms with Crippen LogP contribution in [0.1, 0.15) is 19.3 Å². The zero-order chi connectivity index (χ0) is 20.3. The van der Waals surface area contributed by atoms with Gasteiger partial charge in [0.2, 0.25) is 10.0 Å². The summed E-state index contributed by atoms with van der Waals surface area (Å²) in [5.41, 5.74) is 0.929. The molecule has 1 saturated heterocycles. The highest BCUT2D eigenvalue weighted by Gasteiger charge is 2.34. The molecule has 1 fully saturated rings. The molecule has 1 aliphatic heterocycles. The maximum Gasteiger partial charge on any atom is 0.266 e. The predicted molar refractivity (Wildman–Crippen MR) is 108 cm³/mol. The van der Waals surface area contributed by atoms with Gasteiger partial charge in [-0.2, -0.15) is 9.30 Å². The smallest absolute Gasteiger partial charge is 0.266 e. The number of ether oxygens (including phenoxy) is 2. The van der Waals surface area contributed by atoms with Gasteiger partial charge in [-0.15, -0.1) is 0 Å². The van der Waals surface area contributed by atoms with Gasteiger partial charge in [-0.3, -0.25) is 4.79 Å². The first-order valence-electron chi connectivity index (χ1n) is 9.07. The number of carbonyl (C=O) groups excluding carboxylic acids is 1. The van der Waals surface area contributed by atoms with Crippen molar-refractivity contribution in [2.24, 2.45) is 4.99 Å². The highest BCUT2D eigenvalue weighted by molar-refractivity contribution is 7.88. The summed E-state index contributed by atoms with van der Waals surface area (Å²) < 4.78 is 38.8. The van der Waals surface area contributed by atoms with Crippen LogP contribution in [0.15, 0.2) is 23.2 Å². The lowest BCUT2D eigenvalue weighted by Crippen LogP contribution is -2.47. The van der Waals surface area contributed by atoms with Gasteiger partial charge < -0.3 is 14.0 Å². The van der Waals surface area contributed by atoms with Crippen molar-refractivity contribution in [3.05, 3.63) is 23.0 Å². The van der Waals surface area contributed by atoms with Crippen LogP contribution in [-0.4, -0.2) is 62.9 Å². The Labute approximate surface area is 168 Å². The molecule has 2 heterocycles. The second kappa shape index (κ2) is 8.73. The van der Waals surface area contributed by atoms with Crippen molar-refractivity contribution in [1.82, 2.24) is 8.87 Å². The molecule has 0 spiro atoms. The first-order valence-corrected chi connectivity index (χ1v) is 11.7. The lowest BCUT2D eigenvalue weighted by molar-refractivity contribution is -0.122. The number of fused-ring (bicyclic) bond motifs is 1. The molecule has 10 heteroatoms. The van der Waals surface area contributed by atoms with Crippen LogP contribution in [0.3, 0.4) is 0 Å². The van der Waals surface area contributed by atoms with Gasteiger partial charge >= 0.3 is 0 Å². The molecule has 2 aromatic rings. The summed E-state index contributed by atoms with van der Waals surface area (Å²) in [6.07, 6.45) is 3.20. The summed E-state index contributed by atoms with van der Waals surface area (Å²) in [6.45, 7) is 1.37. The summed E-state index contributed by atoms with van der Waals surface area (Å²) in [4.78, 5) is 17.8. The zero-order valence-electron chi connectivity index (χ0n) is 16.3. The molecule has 1 aromatic carbocycles. The molecule has 0 radical (unpaired) electrons. The van der Waals surface area contributed by atoms with Crippen molar-refractivity contribution < 1.29 is 22.7 Å². The van der Waals surface area contributed by atoms with Crippen LogP contribution in [0, 0.1) is 0 Å². The van der Waals surface area contributed by atoms with Crippen LogP contribution in [0.25, 0.3) is 10.2 Å². The van der Waals surface area contributed by atoms with E-state index in [0.717, 1.165) is 35.1 Å². The van der Waals surface area contributed by atoms with E-state index in [1.807, 2.05) is 22.8 Å². The Morgan fingerprint density at radius 1 is 1.32 bits per heavy atom. The van der Waals surface area contributed by atoms with Crippen molar-refractivity contribution in [3.63, 3.8) is 0 Å². The lowest BCUT2D eigenvalue weighted by atomic mass is 10.0. The zero-order valence-corrected chi connectivity index (χ0v) is 17.9. The molecule has 0 saturated carbocycles. The summed E-state index contributed by atoms with van der Waals surface area (Å²) in [5, 5.41) is 0. The van der Waals surface area contributed by atoms with E-state index < -0.39 is 22.0 Å². The van der Waals surface area contributed by atoms with Crippen molar-refractivity contribution in [2.45, 2.75) is 31.8 Å². The van der Waals surface area contributed by atoms with Gasteiger partial charge in [0.15, 0.2) is 4.80 Å². The molecule has 0 N–H and O–H groups in total. The number of methoxy groups -OCH3 is 2. The maximum absolute atomic E-state index is 12.9. The fourth-order valence-electron chi connectivity index (χ4n) is 3.38. The van der Waals surface area contributed by atoms with Gasteiger partial charge in [-0.25, -0.2) is 8.42 Å². The average Bonchev–Trinajstić information content (AvgIpc) is 3.01. The molecule has 8 nitrogen and oxygen atoms in total. The molecule has 3 rings (SSSR count). The molecule has 1 aromatic heterocycles. The number of benzene rings is 1. The Kier molecular flexibility index (Phi) is 6.54. The number of carbonyl (C=O) groups is 1. The first-order chi connectivity index (χ1) is 13.3. The second-order valence-corrected chi connectivity index (χ2v) is 9.64. The Bertz CT molecular complexity index is 1030. The predicted octanol–water partition coefficient (Wildman–Crippen LogP) is 1.60. The van der Waals surface area contributed by atoms with Crippen molar-refractivity contribution >= 4 is 37.5 Å². The van der Waals surface area contributed by atoms with E-state index in [1.165, 1.54) is 15.6 Å². The minimum absolute atomic E-state index is 0.359. The van der Waals surface area contributed by atoms with E-state index in [1.54, 1.807) is 14.2 Å². The Balaban J connectivity index is 2.04. The molecule has 1 atom stereocenters. The highest BCUT2D eigenvalue weighted by Crippen LogP contribution is 2.24. The minimum atomic E-state index is -3.46. The Morgan fingerprint density at radius 3 is 2.79 bits per heavy atom. The van der Waals surface area contributed by atoms with Crippen LogP contribution in [0.5, 0.6) is 5.75 Å². The van der Waals surface area contributed by atoms with Gasteiger partial charge in [-0.1, -0.05) is 17.8 Å². The Morgan fingerprint density at radius 2 is 2.11 bits per heavy atom. The molecule has 0 bridgehead atoms. The van der Waals surface area contributed by atoms with E-state index >= 15 is 0 Å². The largest absolute Gasteiger partial charge is 0.497 e. The first kappa shape index (κ1) is 21.0. The quantitative estimate of drug-likeness (QED) is 0.698. The molecule has 1 aliphatic rings. The number of amides is 1. The summed E-state index contributed by atoms with van der Waals surface area (Å²) in [5.74, 6) is 0.302. The molecule has 1 unspecified atom stereocenters. The van der Waals surface area contributed by atoms with Gasteiger partial charge in [0, 0.05) is 20.2 Å². The van der Waals surface area contributed by atoms with Crippen molar-refractivity contribution in [2.75, 3.05) is 33.6 Å². The third-order valence-electron chi connectivity index (χ3n) is 4.78. The number of sulfonamides is 1. The lowest BCUT2D eigenvalue weighted by Gasteiger charge is -2.31. The molecule has 1 amide bonds. The number of hydrogen-bond acceptors (Lipinski definition) is 6. The monoisotopic (exact) mass is 427 g/mol. The number of aromatic nitrogens is 1. The average molecular weight is 428 g/mol. The van der Waals surface area contributed by atoms with E-state index in [2.05, 4.69) is 4.99 Å². The summed E-state index contributed by atoms with van der Waals surface area (Å²) in [6, 6.07) is 4.94. The Hall–Kier alpha value is -1.75. The van der Waals surface area contributed by atoms with Crippen LogP contribution >= 0.6 is 11.3 Å². The van der Waals surface area contributed by atoms with E-state index in [-0.39, 0.29) is 0 Å². The molecule has 28 heavy (non-hydrogen) atoms. The highest BCUT2D eigenvalue weighted by atomic mass is 32.2. The normalized spacial score (nSPS) is 19.2. The van der Waals surface area contributed by atoms with Gasteiger partial charge in [0.05, 0.1) is 30.2 Å². The van der Waals surface area contributed by atoms with Crippen molar-refractivity contribution in [3.8, 4) is 5.75 Å².